The van der Waals surface area contributed by atoms with Gasteiger partial charge in [0.1, 0.15) is 0 Å². The van der Waals surface area contributed by atoms with E-state index < -0.39 is 0 Å². The number of nitrogens with one attached hydrogen (secondary N) is 1. The van der Waals surface area contributed by atoms with Crippen LogP contribution in [0.25, 0.3) is 0 Å². The van der Waals surface area contributed by atoms with Crippen LogP contribution in [0.4, 0.5) is 5.95 Å². The van der Waals surface area contributed by atoms with Crippen LogP contribution in [0, 0.1) is 0 Å². The Morgan fingerprint density at radius 3 is 2.88 bits per heavy atom. The van der Waals surface area contributed by atoms with E-state index in [-0.39, 0.29) is 11.3 Å². The predicted molar refractivity (Wildman–Crippen MR) is 62.4 cm³/mol. The molecule has 1 N–H and O–H groups in total. The van der Waals surface area contributed by atoms with Gasteiger partial charge in [-0.05, 0) is 18.5 Å². The van der Waals surface area contributed by atoms with Crippen LogP contribution in [0.5, 0.6) is 11.8 Å². The van der Waals surface area contributed by atoms with Gasteiger partial charge in [0, 0.05) is 13.6 Å². The molecule has 0 bridgehead atoms. The first kappa shape index (κ1) is 11.6. The Kier molecular flexibility index (Phi) is 3.38. The third-order valence-electron chi connectivity index (χ3n) is 1.95. The monoisotopic (exact) mass is 254 g/mol. The number of rotatable bonds is 4. The van der Waals surface area contributed by atoms with Crippen molar-refractivity contribution in [3.8, 4) is 11.8 Å². The molecule has 2 heterocycles. The van der Waals surface area contributed by atoms with Crippen molar-refractivity contribution in [3.05, 3.63) is 17.7 Å². The maximum absolute atomic E-state index is 5.72. The molecule has 0 atom stereocenters. The van der Waals surface area contributed by atoms with Gasteiger partial charge in [0.15, 0.2) is 5.75 Å². The lowest BCUT2D eigenvalue weighted by Crippen LogP contribution is -2.00. The summed E-state index contributed by atoms with van der Waals surface area (Å²) in [5.74, 6) is 0.902. The lowest BCUT2D eigenvalue weighted by Gasteiger charge is -2.02. The van der Waals surface area contributed by atoms with Crippen LogP contribution in [0.1, 0.15) is 6.92 Å². The lowest BCUT2D eigenvalue weighted by atomic mass is 10.6. The zero-order valence-electron chi connectivity index (χ0n) is 9.38. The lowest BCUT2D eigenvalue weighted by molar-refractivity contribution is 0.439. The Morgan fingerprint density at radius 2 is 2.24 bits per heavy atom. The van der Waals surface area contributed by atoms with Crippen LogP contribution >= 0.6 is 11.6 Å². The summed E-state index contributed by atoms with van der Waals surface area (Å²) < 4.78 is 7.15. The van der Waals surface area contributed by atoms with Crippen LogP contribution in [0.15, 0.2) is 12.4 Å². The molecule has 0 aliphatic rings. The Labute approximate surface area is 103 Å². The topological polar surface area (TPSA) is 77.8 Å². The highest BCUT2D eigenvalue weighted by atomic mass is 35.5. The number of hydrogen-bond donors (Lipinski definition) is 1. The average Bonchev–Trinajstić information content (AvgIpc) is 2.76. The molecule has 0 fully saturated rings. The summed E-state index contributed by atoms with van der Waals surface area (Å²) in [6.45, 7) is 2.75. The van der Waals surface area contributed by atoms with E-state index in [0.29, 0.717) is 11.7 Å². The number of aromatic nitrogens is 5. The number of hydrogen-bond acceptors (Lipinski definition) is 6. The molecule has 0 saturated carbocycles. The van der Waals surface area contributed by atoms with Crippen molar-refractivity contribution in [1.29, 1.82) is 0 Å². The summed E-state index contributed by atoms with van der Waals surface area (Å²) in [5, 5.41) is 6.90. The molecule has 0 saturated heterocycles. The van der Waals surface area contributed by atoms with Gasteiger partial charge in [0.05, 0.1) is 12.4 Å². The smallest absolute Gasteiger partial charge is 0.328 e. The van der Waals surface area contributed by atoms with E-state index in [1.807, 2.05) is 6.92 Å². The minimum atomic E-state index is 0.0715. The molecule has 0 amide bonds. The van der Waals surface area contributed by atoms with Crippen molar-refractivity contribution in [2.24, 2.45) is 0 Å². The van der Waals surface area contributed by atoms with Crippen molar-refractivity contribution in [2.45, 2.75) is 13.5 Å². The van der Waals surface area contributed by atoms with Crippen LogP contribution in [-0.4, -0.2) is 31.8 Å². The summed E-state index contributed by atoms with van der Waals surface area (Å²) >= 11 is 5.72. The Morgan fingerprint density at radius 1 is 1.41 bits per heavy atom. The van der Waals surface area contributed by atoms with E-state index in [2.05, 4.69) is 25.4 Å². The van der Waals surface area contributed by atoms with Crippen molar-refractivity contribution in [3.63, 3.8) is 0 Å². The first-order chi connectivity index (χ1) is 8.21. The molecule has 0 spiro atoms. The summed E-state index contributed by atoms with van der Waals surface area (Å²) in [7, 11) is 1.69. The molecule has 8 heteroatoms. The molecule has 0 aliphatic heterocycles. The van der Waals surface area contributed by atoms with E-state index in [9.17, 15) is 0 Å². The highest BCUT2D eigenvalue weighted by Crippen LogP contribution is 2.18. The van der Waals surface area contributed by atoms with E-state index in [1.54, 1.807) is 24.1 Å². The number of ether oxygens (including phenoxy) is 1. The third kappa shape index (κ3) is 2.82. The third-order valence-corrected chi connectivity index (χ3v) is 2.12. The molecular formula is C9H11ClN6O. The van der Waals surface area contributed by atoms with Crippen molar-refractivity contribution >= 4 is 17.5 Å². The van der Waals surface area contributed by atoms with Gasteiger partial charge in [0.25, 0.3) is 0 Å². The van der Waals surface area contributed by atoms with Crippen molar-refractivity contribution in [1.82, 2.24) is 24.7 Å². The van der Waals surface area contributed by atoms with E-state index in [1.165, 1.54) is 0 Å². The molecule has 0 aromatic carbocycles. The Balaban J connectivity index is 2.20. The SMILES string of the molecule is CCn1cc(Oc2nc(Cl)nc(NC)n2)cn1. The molecule has 2 rings (SSSR count). The molecule has 7 nitrogen and oxygen atoms in total. The molecule has 2 aromatic rings. The van der Waals surface area contributed by atoms with Crippen molar-refractivity contribution in [2.75, 3.05) is 12.4 Å². The Bertz CT molecular complexity index is 514. The maximum atomic E-state index is 5.72. The normalized spacial score (nSPS) is 10.3. The standard InChI is InChI=1S/C9H11ClN6O/c1-3-16-5-6(4-12-16)17-9-14-7(10)13-8(11-2)15-9/h4-5H,3H2,1-2H3,(H,11,13,14,15). The van der Waals surface area contributed by atoms with Crippen LogP contribution in [0.3, 0.4) is 0 Å². The van der Waals surface area contributed by atoms with E-state index in [0.717, 1.165) is 6.54 Å². The first-order valence-electron chi connectivity index (χ1n) is 5.01. The predicted octanol–water partition coefficient (Wildman–Crippen LogP) is 1.58. The largest absolute Gasteiger partial charge is 0.421 e. The second kappa shape index (κ2) is 4.96. The fourth-order valence-electron chi connectivity index (χ4n) is 1.17. The maximum Gasteiger partial charge on any atom is 0.328 e. The van der Waals surface area contributed by atoms with Gasteiger partial charge in [-0.1, -0.05) is 0 Å². The minimum Gasteiger partial charge on any atom is -0.421 e. The summed E-state index contributed by atoms with van der Waals surface area (Å²) in [6, 6.07) is 0.130. The molecular weight excluding hydrogens is 244 g/mol. The van der Waals surface area contributed by atoms with Gasteiger partial charge >= 0.3 is 6.01 Å². The zero-order chi connectivity index (χ0) is 12.3. The first-order valence-corrected chi connectivity index (χ1v) is 5.38. The molecule has 2 aromatic heterocycles. The summed E-state index contributed by atoms with van der Waals surface area (Å²) in [4.78, 5) is 11.7. The summed E-state index contributed by atoms with van der Waals surface area (Å²) in [5.41, 5.74) is 0. The fraction of sp³-hybridized carbons (Fsp3) is 0.333. The average molecular weight is 255 g/mol. The quantitative estimate of drug-likeness (QED) is 0.892. The van der Waals surface area contributed by atoms with Crippen LogP contribution in [-0.2, 0) is 6.54 Å². The molecule has 0 unspecified atom stereocenters. The number of halogens is 1. The van der Waals surface area contributed by atoms with Gasteiger partial charge < -0.3 is 10.1 Å². The van der Waals surface area contributed by atoms with Crippen LogP contribution in [0.2, 0.25) is 5.28 Å². The molecule has 17 heavy (non-hydrogen) atoms. The highest BCUT2D eigenvalue weighted by molar-refractivity contribution is 6.28. The molecule has 0 aliphatic carbocycles. The van der Waals surface area contributed by atoms with Gasteiger partial charge in [-0.15, -0.1) is 0 Å². The Hall–Kier alpha value is -1.89. The van der Waals surface area contributed by atoms with Gasteiger partial charge in [-0.3, -0.25) is 4.68 Å². The fourth-order valence-corrected chi connectivity index (χ4v) is 1.32. The number of anilines is 1. The van der Waals surface area contributed by atoms with Gasteiger partial charge in [0.2, 0.25) is 11.2 Å². The second-order valence-electron chi connectivity index (χ2n) is 3.09. The molecule has 0 radical (unpaired) electrons. The number of aryl methyl sites for hydroxylation is 1. The zero-order valence-corrected chi connectivity index (χ0v) is 10.1. The van der Waals surface area contributed by atoms with E-state index in [4.69, 9.17) is 16.3 Å². The number of nitrogens with zero attached hydrogens (tertiary/aromatic N) is 5. The summed E-state index contributed by atoms with van der Waals surface area (Å²) in [6.07, 6.45) is 3.33. The van der Waals surface area contributed by atoms with Gasteiger partial charge in [-0.2, -0.15) is 20.1 Å². The minimum absolute atomic E-state index is 0.0715. The van der Waals surface area contributed by atoms with Crippen molar-refractivity contribution < 1.29 is 4.74 Å². The van der Waals surface area contributed by atoms with E-state index >= 15 is 0 Å². The highest BCUT2D eigenvalue weighted by Gasteiger charge is 2.07. The molecule has 90 valence electrons. The second-order valence-corrected chi connectivity index (χ2v) is 3.43. The van der Waals surface area contributed by atoms with Crippen LogP contribution < -0.4 is 10.1 Å². The van der Waals surface area contributed by atoms with Gasteiger partial charge in [-0.25, -0.2) is 0 Å².